The van der Waals surface area contributed by atoms with Crippen LogP contribution in [-0.2, 0) is 0 Å². The predicted molar refractivity (Wildman–Crippen MR) is 29.4 cm³/mol. The van der Waals surface area contributed by atoms with Crippen molar-refractivity contribution in [3.05, 3.63) is 24.0 Å². The van der Waals surface area contributed by atoms with E-state index in [-0.39, 0.29) is 0 Å². The van der Waals surface area contributed by atoms with E-state index >= 15 is 0 Å². The van der Waals surface area contributed by atoms with Crippen LogP contribution in [0.3, 0.4) is 0 Å². The van der Waals surface area contributed by atoms with E-state index in [1.807, 2.05) is 0 Å². The number of aliphatic hydroxyl groups excluding tert-OH is 1. The third kappa shape index (κ3) is 8.97. The lowest BCUT2D eigenvalue weighted by molar-refractivity contribution is -0.114. The molecule has 0 heterocycles. The van der Waals surface area contributed by atoms with Gasteiger partial charge in [-0.2, -0.15) is 39.5 Å². The summed E-state index contributed by atoms with van der Waals surface area (Å²) in [6, 6.07) is -2.84. The van der Waals surface area contributed by atoms with Gasteiger partial charge in [-0.1, -0.05) is 0 Å². The number of alkyl halides is 3. The largest absolute Gasteiger partial charge is 0.484 e. The van der Waals surface area contributed by atoms with Crippen molar-refractivity contribution in [2.24, 2.45) is 0 Å². The van der Waals surface area contributed by atoms with Crippen molar-refractivity contribution in [1.29, 1.82) is 0 Å². The summed E-state index contributed by atoms with van der Waals surface area (Å²) in [6.45, 7) is 0. The zero-order chi connectivity index (χ0) is 12.8. The fourth-order valence-electron chi connectivity index (χ4n) is 0.117. The van der Waals surface area contributed by atoms with Gasteiger partial charge in [-0.25, -0.2) is 0 Å². The molecular formula is C5HF9O. The van der Waals surface area contributed by atoms with Crippen LogP contribution in [0.2, 0.25) is 0 Å². The molecule has 0 aliphatic heterocycles. The Balaban J connectivity index is 0. The maximum absolute atomic E-state index is 11.2. The minimum Gasteiger partial charge on any atom is -0.484 e. The van der Waals surface area contributed by atoms with Crippen molar-refractivity contribution < 1.29 is 44.6 Å². The van der Waals surface area contributed by atoms with E-state index in [1.165, 1.54) is 0 Å². The van der Waals surface area contributed by atoms with Crippen LogP contribution in [-0.4, -0.2) is 11.3 Å². The van der Waals surface area contributed by atoms with Crippen molar-refractivity contribution in [2.75, 3.05) is 0 Å². The van der Waals surface area contributed by atoms with Crippen LogP contribution in [0.5, 0.6) is 0 Å². The molecule has 0 atom stereocenters. The Kier molecular flexibility index (Phi) is 6.64. The van der Waals surface area contributed by atoms with Gasteiger partial charge in [-0.3, -0.25) is 0 Å². The number of allylic oxidation sites excluding steroid dienone is 1. The standard InChI is InChI=1S/C3HF5O.C2F4/c4-1(2(5)9)3(6,7)8;3-1(4)2(5)6/h9H;. The molecule has 0 unspecified atom stereocenters. The molecule has 0 amide bonds. The molecule has 0 aromatic carbocycles. The molecule has 0 radical (unpaired) electrons. The smallest absolute Gasteiger partial charge is 0.449 e. The van der Waals surface area contributed by atoms with Crippen LogP contribution < -0.4 is 0 Å². The molecule has 1 nitrogen and oxygen atoms in total. The van der Waals surface area contributed by atoms with Gasteiger partial charge in [0, 0.05) is 0 Å². The van der Waals surface area contributed by atoms with Gasteiger partial charge in [-0.15, -0.1) is 0 Å². The SMILES string of the molecule is FC(F)=C(F)F.OC(F)=C(F)C(F)(F)F. The van der Waals surface area contributed by atoms with Crippen molar-refractivity contribution in [3.8, 4) is 0 Å². The first-order valence-corrected chi connectivity index (χ1v) is 2.67. The molecule has 0 aliphatic carbocycles. The first-order chi connectivity index (χ1) is 6.50. The molecule has 0 bridgehead atoms. The Morgan fingerprint density at radius 1 is 0.733 bits per heavy atom. The maximum Gasteiger partial charge on any atom is 0.449 e. The normalized spacial score (nSPS) is 12.3. The molecule has 0 aromatic rings. The van der Waals surface area contributed by atoms with E-state index in [1.54, 1.807) is 0 Å². The number of rotatable bonds is 0. The highest BCUT2D eigenvalue weighted by atomic mass is 19.4. The lowest BCUT2D eigenvalue weighted by Crippen LogP contribution is -2.09. The second-order valence-corrected chi connectivity index (χ2v) is 1.62. The molecule has 0 spiro atoms. The number of hydrogen-bond acceptors (Lipinski definition) is 1. The maximum atomic E-state index is 11.2. The second-order valence-electron chi connectivity index (χ2n) is 1.62. The Labute approximate surface area is 76.1 Å². The van der Waals surface area contributed by atoms with Gasteiger partial charge in [0.1, 0.15) is 0 Å². The Morgan fingerprint density at radius 2 is 1.00 bits per heavy atom. The first kappa shape index (κ1) is 16.1. The summed E-state index contributed by atoms with van der Waals surface area (Å²) in [5.41, 5.74) is 0. The quantitative estimate of drug-likeness (QED) is 0.503. The summed E-state index contributed by atoms with van der Waals surface area (Å²) in [7, 11) is 0. The van der Waals surface area contributed by atoms with Gasteiger partial charge in [0.25, 0.3) is 5.83 Å². The van der Waals surface area contributed by atoms with Crippen LogP contribution in [0, 0.1) is 0 Å². The predicted octanol–water partition coefficient (Wildman–Crippen LogP) is 4.21. The summed E-state index contributed by atoms with van der Waals surface area (Å²) >= 11 is 0. The molecule has 0 saturated carbocycles. The summed E-state index contributed by atoms with van der Waals surface area (Å²) in [5, 5.41) is 7.27. The molecule has 0 aliphatic rings. The lowest BCUT2D eigenvalue weighted by atomic mass is 10.6. The van der Waals surface area contributed by atoms with Gasteiger partial charge in [0.15, 0.2) is 0 Å². The minimum atomic E-state index is -5.43. The minimum absolute atomic E-state index is 2.84. The third-order valence-corrected chi connectivity index (χ3v) is 0.573. The van der Waals surface area contributed by atoms with Crippen LogP contribution >= 0.6 is 0 Å². The molecular weight excluding hydrogens is 247 g/mol. The van der Waals surface area contributed by atoms with E-state index in [0.29, 0.717) is 0 Å². The molecule has 1 N–H and O–H groups in total. The average Bonchev–Trinajstić information content (AvgIpc) is 2.02. The summed E-state index contributed by atoms with van der Waals surface area (Å²) in [5.74, 6) is -3.11. The van der Waals surface area contributed by atoms with Crippen LogP contribution in [0.4, 0.5) is 39.5 Å². The van der Waals surface area contributed by atoms with Crippen molar-refractivity contribution in [1.82, 2.24) is 0 Å². The fourth-order valence-corrected chi connectivity index (χ4v) is 0.117. The molecule has 0 fully saturated rings. The summed E-state index contributed by atoms with van der Waals surface area (Å²) < 4.78 is 95.8. The Bertz CT molecular complexity index is 240. The highest BCUT2D eigenvalue weighted by molar-refractivity contribution is 4.98. The molecule has 90 valence electrons. The van der Waals surface area contributed by atoms with Gasteiger partial charge in [0.2, 0.25) is 0 Å². The van der Waals surface area contributed by atoms with Crippen molar-refractivity contribution in [2.45, 2.75) is 6.18 Å². The summed E-state index contributed by atoms with van der Waals surface area (Å²) in [4.78, 5) is 0. The highest BCUT2D eigenvalue weighted by Crippen LogP contribution is 2.28. The van der Waals surface area contributed by atoms with E-state index in [9.17, 15) is 39.5 Å². The number of hydrogen-bond donors (Lipinski definition) is 1. The van der Waals surface area contributed by atoms with Crippen LogP contribution in [0.25, 0.3) is 0 Å². The second kappa shape index (κ2) is 6.19. The molecule has 10 heteroatoms. The van der Waals surface area contributed by atoms with E-state index in [0.717, 1.165) is 0 Å². The van der Waals surface area contributed by atoms with E-state index in [4.69, 9.17) is 5.11 Å². The third-order valence-electron chi connectivity index (χ3n) is 0.573. The van der Waals surface area contributed by atoms with E-state index in [2.05, 4.69) is 0 Å². The first-order valence-electron chi connectivity index (χ1n) is 2.67. The van der Waals surface area contributed by atoms with Gasteiger partial charge in [-0.05, 0) is 0 Å². The number of aliphatic hydroxyl groups is 1. The van der Waals surface area contributed by atoms with Crippen LogP contribution in [0.1, 0.15) is 0 Å². The lowest BCUT2D eigenvalue weighted by Gasteiger charge is -1.99. The molecule has 15 heavy (non-hydrogen) atoms. The van der Waals surface area contributed by atoms with Gasteiger partial charge in [0.05, 0.1) is 0 Å². The topological polar surface area (TPSA) is 20.2 Å². The monoisotopic (exact) mass is 248 g/mol. The zero-order valence-corrected chi connectivity index (χ0v) is 6.35. The molecule has 0 aromatic heterocycles. The van der Waals surface area contributed by atoms with Crippen LogP contribution in [0.15, 0.2) is 24.0 Å². The highest BCUT2D eigenvalue weighted by Gasteiger charge is 2.38. The van der Waals surface area contributed by atoms with Crippen molar-refractivity contribution in [3.63, 3.8) is 0 Å². The summed E-state index contributed by atoms with van der Waals surface area (Å²) in [6.07, 6.45) is -11.2. The fraction of sp³-hybridized carbons (Fsp3) is 0.200. The van der Waals surface area contributed by atoms with Crippen molar-refractivity contribution >= 4 is 0 Å². The molecule has 0 saturated heterocycles. The number of halogens is 9. The van der Waals surface area contributed by atoms with Gasteiger partial charge < -0.3 is 5.11 Å². The Morgan fingerprint density at radius 3 is 1.00 bits per heavy atom. The Hall–Kier alpha value is -1.35. The molecule has 0 rings (SSSR count). The zero-order valence-electron chi connectivity index (χ0n) is 6.35. The average molecular weight is 248 g/mol. The van der Waals surface area contributed by atoms with E-state index < -0.39 is 30.2 Å². The van der Waals surface area contributed by atoms with Gasteiger partial charge >= 0.3 is 24.4 Å².